The maximum Gasteiger partial charge on any atom is 0.339 e. The van der Waals surface area contributed by atoms with Gasteiger partial charge in [0.25, 0.3) is 0 Å². The molecular weight excluding hydrogens is 274 g/mol. The fraction of sp³-hybridized carbons (Fsp3) is 0.158. The Morgan fingerprint density at radius 2 is 1.73 bits per heavy atom. The fourth-order valence-corrected chi connectivity index (χ4v) is 2.65. The van der Waals surface area contributed by atoms with Crippen LogP contribution in [0.15, 0.2) is 54.6 Å². The molecule has 3 aromatic rings. The molecule has 3 heteroatoms. The smallest absolute Gasteiger partial charge is 0.339 e. The normalized spacial score (nSPS) is 10.6. The lowest BCUT2D eigenvalue weighted by atomic mass is 9.98. The molecule has 0 aliphatic heterocycles. The second kappa shape index (κ2) is 5.98. The van der Waals surface area contributed by atoms with E-state index in [9.17, 15) is 4.79 Å². The fourth-order valence-electron chi connectivity index (χ4n) is 2.65. The first-order valence-corrected chi connectivity index (χ1v) is 7.34. The summed E-state index contributed by atoms with van der Waals surface area (Å²) in [6, 6.07) is 17.6. The van der Waals surface area contributed by atoms with E-state index in [0.717, 1.165) is 27.7 Å². The first-order chi connectivity index (χ1) is 10.7. The summed E-state index contributed by atoms with van der Waals surface area (Å²) < 4.78 is 5.24. The summed E-state index contributed by atoms with van der Waals surface area (Å²) in [4.78, 5) is 17.2. The standard InChI is InChI=1S/C19H17NO2/c1-3-22-19(21)17-13(2)18(14-9-5-4-6-10-14)20-16-12-8-7-11-15(16)17/h4-12H,3H2,1-2H3. The van der Waals surface area contributed by atoms with E-state index in [0.29, 0.717) is 12.2 Å². The third-order valence-electron chi connectivity index (χ3n) is 3.66. The lowest BCUT2D eigenvalue weighted by Crippen LogP contribution is -2.09. The van der Waals surface area contributed by atoms with Crippen molar-refractivity contribution in [2.75, 3.05) is 6.61 Å². The zero-order valence-electron chi connectivity index (χ0n) is 12.7. The second-order valence-corrected chi connectivity index (χ2v) is 5.06. The minimum atomic E-state index is -0.296. The molecule has 0 atom stereocenters. The Bertz CT molecular complexity index is 825. The predicted molar refractivity (Wildman–Crippen MR) is 87.9 cm³/mol. The first-order valence-electron chi connectivity index (χ1n) is 7.34. The molecule has 3 rings (SSSR count). The van der Waals surface area contributed by atoms with Gasteiger partial charge in [0.15, 0.2) is 0 Å². The number of para-hydroxylation sites is 1. The Balaban J connectivity index is 2.32. The lowest BCUT2D eigenvalue weighted by Gasteiger charge is -2.13. The van der Waals surface area contributed by atoms with Crippen molar-refractivity contribution in [2.24, 2.45) is 0 Å². The number of carbonyl (C=O) groups excluding carboxylic acids is 1. The van der Waals surface area contributed by atoms with E-state index < -0.39 is 0 Å². The van der Waals surface area contributed by atoms with Gasteiger partial charge in [0, 0.05) is 10.9 Å². The van der Waals surface area contributed by atoms with Crippen LogP contribution in [-0.4, -0.2) is 17.6 Å². The molecule has 0 spiro atoms. The van der Waals surface area contributed by atoms with Crippen molar-refractivity contribution >= 4 is 16.9 Å². The van der Waals surface area contributed by atoms with Crippen molar-refractivity contribution in [1.29, 1.82) is 0 Å². The second-order valence-electron chi connectivity index (χ2n) is 5.06. The molecule has 3 nitrogen and oxygen atoms in total. The van der Waals surface area contributed by atoms with Crippen LogP contribution in [0.25, 0.3) is 22.2 Å². The summed E-state index contributed by atoms with van der Waals surface area (Å²) in [6.07, 6.45) is 0. The number of carbonyl (C=O) groups is 1. The number of benzene rings is 2. The minimum Gasteiger partial charge on any atom is -0.462 e. The monoisotopic (exact) mass is 291 g/mol. The van der Waals surface area contributed by atoms with E-state index in [2.05, 4.69) is 0 Å². The van der Waals surface area contributed by atoms with Gasteiger partial charge in [0.05, 0.1) is 23.4 Å². The molecule has 1 heterocycles. The quantitative estimate of drug-likeness (QED) is 0.672. The van der Waals surface area contributed by atoms with Crippen molar-refractivity contribution in [3.63, 3.8) is 0 Å². The van der Waals surface area contributed by atoms with Gasteiger partial charge < -0.3 is 4.74 Å². The Labute approximate surface area is 129 Å². The van der Waals surface area contributed by atoms with Gasteiger partial charge in [0.2, 0.25) is 0 Å². The zero-order valence-corrected chi connectivity index (χ0v) is 12.7. The molecule has 1 aromatic heterocycles. The third kappa shape index (κ3) is 2.46. The summed E-state index contributed by atoms with van der Waals surface area (Å²) in [7, 11) is 0. The van der Waals surface area contributed by atoms with Crippen LogP contribution in [0.5, 0.6) is 0 Å². The largest absolute Gasteiger partial charge is 0.462 e. The molecule has 0 aliphatic carbocycles. The number of nitrogens with zero attached hydrogens (tertiary/aromatic N) is 1. The van der Waals surface area contributed by atoms with E-state index in [1.807, 2.05) is 68.4 Å². The Morgan fingerprint density at radius 1 is 1.05 bits per heavy atom. The molecule has 0 radical (unpaired) electrons. The van der Waals surface area contributed by atoms with Gasteiger partial charge in [-0.25, -0.2) is 9.78 Å². The van der Waals surface area contributed by atoms with Crippen LogP contribution in [0.1, 0.15) is 22.8 Å². The van der Waals surface area contributed by atoms with Gasteiger partial charge in [-0.05, 0) is 25.5 Å². The molecule has 0 N–H and O–H groups in total. The summed E-state index contributed by atoms with van der Waals surface area (Å²) in [5.41, 5.74) is 4.07. The van der Waals surface area contributed by atoms with Crippen molar-refractivity contribution in [2.45, 2.75) is 13.8 Å². The average molecular weight is 291 g/mol. The zero-order chi connectivity index (χ0) is 15.5. The number of esters is 1. The van der Waals surface area contributed by atoms with Crippen molar-refractivity contribution in [1.82, 2.24) is 4.98 Å². The number of aromatic nitrogens is 1. The van der Waals surface area contributed by atoms with Gasteiger partial charge in [-0.15, -0.1) is 0 Å². The number of ether oxygens (including phenoxy) is 1. The molecule has 110 valence electrons. The van der Waals surface area contributed by atoms with Crippen LogP contribution in [0.3, 0.4) is 0 Å². The van der Waals surface area contributed by atoms with E-state index in [1.54, 1.807) is 0 Å². The van der Waals surface area contributed by atoms with Crippen LogP contribution >= 0.6 is 0 Å². The Hall–Kier alpha value is -2.68. The highest BCUT2D eigenvalue weighted by Crippen LogP contribution is 2.29. The summed E-state index contributed by atoms with van der Waals surface area (Å²) in [5, 5.41) is 0.832. The van der Waals surface area contributed by atoms with Crippen molar-refractivity contribution in [3.05, 3.63) is 65.7 Å². The van der Waals surface area contributed by atoms with Gasteiger partial charge >= 0.3 is 5.97 Å². The predicted octanol–water partition coefficient (Wildman–Crippen LogP) is 4.39. The maximum atomic E-state index is 12.4. The van der Waals surface area contributed by atoms with Crippen LogP contribution in [0.2, 0.25) is 0 Å². The summed E-state index contributed by atoms with van der Waals surface area (Å²) in [6.45, 7) is 4.10. The summed E-state index contributed by atoms with van der Waals surface area (Å²) in [5.74, 6) is -0.296. The highest BCUT2D eigenvalue weighted by atomic mass is 16.5. The Kier molecular flexibility index (Phi) is 3.88. The lowest BCUT2D eigenvalue weighted by molar-refractivity contribution is 0.0528. The highest BCUT2D eigenvalue weighted by molar-refractivity contribution is 6.06. The third-order valence-corrected chi connectivity index (χ3v) is 3.66. The average Bonchev–Trinajstić information content (AvgIpc) is 2.55. The minimum absolute atomic E-state index is 0.296. The number of fused-ring (bicyclic) bond motifs is 1. The topological polar surface area (TPSA) is 39.2 Å². The number of hydrogen-bond donors (Lipinski definition) is 0. The maximum absolute atomic E-state index is 12.4. The van der Waals surface area contributed by atoms with E-state index >= 15 is 0 Å². The van der Waals surface area contributed by atoms with Crippen molar-refractivity contribution < 1.29 is 9.53 Å². The van der Waals surface area contributed by atoms with Crippen LogP contribution < -0.4 is 0 Å². The molecule has 2 aromatic carbocycles. The van der Waals surface area contributed by atoms with E-state index in [4.69, 9.17) is 9.72 Å². The van der Waals surface area contributed by atoms with Gasteiger partial charge in [-0.3, -0.25) is 0 Å². The molecule has 22 heavy (non-hydrogen) atoms. The molecule has 0 fully saturated rings. The van der Waals surface area contributed by atoms with E-state index in [1.165, 1.54) is 0 Å². The molecular formula is C19H17NO2. The number of hydrogen-bond acceptors (Lipinski definition) is 3. The Morgan fingerprint density at radius 3 is 2.45 bits per heavy atom. The van der Waals surface area contributed by atoms with Crippen LogP contribution in [0, 0.1) is 6.92 Å². The molecule has 0 saturated heterocycles. The van der Waals surface area contributed by atoms with Crippen LogP contribution in [0.4, 0.5) is 0 Å². The van der Waals surface area contributed by atoms with Gasteiger partial charge in [0.1, 0.15) is 0 Å². The molecule has 0 saturated carbocycles. The number of rotatable bonds is 3. The van der Waals surface area contributed by atoms with Gasteiger partial charge in [-0.1, -0.05) is 48.5 Å². The molecule has 0 bridgehead atoms. The first kappa shape index (κ1) is 14.3. The number of pyridine rings is 1. The molecule has 0 aliphatic rings. The van der Waals surface area contributed by atoms with Crippen LogP contribution in [-0.2, 0) is 4.74 Å². The highest BCUT2D eigenvalue weighted by Gasteiger charge is 2.19. The SMILES string of the molecule is CCOC(=O)c1c(C)c(-c2ccccc2)nc2ccccc12. The molecule has 0 unspecified atom stereocenters. The molecule has 0 amide bonds. The van der Waals surface area contributed by atoms with E-state index in [-0.39, 0.29) is 5.97 Å². The van der Waals surface area contributed by atoms with Crippen molar-refractivity contribution in [3.8, 4) is 11.3 Å². The van der Waals surface area contributed by atoms with Gasteiger partial charge in [-0.2, -0.15) is 0 Å². The summed E-state index contributed by atoms with van der Waals surface area (Å²) >= 11 is 0.